The molecule has 2 saturated carbocycles. The molecular weight excluding hydrogens is 352 g/mol. The molecule has 3 fully saturated rings. The minimum absolute atomic E-state index is 0.116. The van der Waals surface area contributed by atoms with E-state index in [9.17, 15) is 4.79 Å². The van der Waals surface area contributed by atoms with E-state index in [2.05, 4.69) is 28.1 Å². The fraction of sp³-hybridized carbons (Fsp3) is 0.609. The maximum atomic E-state index is 12.8. The number of rotatable bonds is 2. The Balaban J connectivity index is 1.39. The van der Waals surface area contributed by atoms with Gasteiger partial charge in [0, 0.05) is 55.2 Å². The second-order valence-corrected chi connectivity index (χ2v) is 9.24. The van der Waals surface area contributed by atoms with Crippen LogP contribution in [0, 0.1) is 23.7 Å². The van der Waals surface area contributed by atoms with Gasteiger partial charge in [0.05, 0.1) is 19.3 Å². The summed E-state index contributed by atoms with van der Waals surface area (Å²) in [5.41, 5.74) is 4.00. The van der Waals surface area contributed by atoms with E-state index in [1.54, 1.807) is 14.2 Å². The summed E-state index contributed by atoms with van der Waals surface area (Å²) in [6, 6.07) is 6.75. The van der Waals surface area contributed by atoms with E-state index in [4.69, 9.17) is 9.47 Å². The maximum Gasteiger partial charge on any atom is 0.139 e. The number of aromatic amines is 1. The Morgan fingerprint density at radius 1 is 1.18 bits per heavy atom. The molecular formula is C23H28N2O3. The SMILES string of the molecule is COc1ccc2c3c([nH]c2c1)[C@H]1C[C@H]2[C@H](C[C@H]4CC(=O)[C@@H]2[C@H]4OC)CN1CC3. The number of ketones is 1. The van der Waals surface area contributed by atoms with Crippen LogP contribution < -0.4 is 4.74 Å². The molecule has 0 unspecified atom stereocenters. The van der Waals surface area contributed by atoms with Crippen molar-refractivity contribution in [2.24, 2.45) is 23.7 Å². The lowest BCUT2D eigenvalue weighted by Crippen LogP contribution is -2.52. The van der Waals surface area contributed by atoms with Crippen LogP contribution in [0.25, 0.3) is 10.9 Å². The first kappa shape index (κ1) is 17.0. The summed E-state index contributed by atoms with van der Waals surface area (Å²) in [4.78, 5) is 19.2. The Labute approximate surface area is 165 Å². The zero-order valence-corrected chi connectivity index (χ0v) is 16.6. The summed E-state index contributed by atoms with van der Waals surface area (Å²) in [5, 5.41) is 1.33. The van der Waals surface area contributed by atoms with Crippen molar-refractivity contribution < 1.29 is 14.3 Å². The smallest absolute Gasteiger partial charge is 0.139 e. The second kappa shape index (κ2) is 6.07. The topological polar surface area (TPSA) is 54.6 Å². The number of benzene rings is 1. The number of H-pyrrole nitrogens is 1. The predicted octanol–water partition coefficient (Wildman–Crippen LogP) is 3.34. The van der Waals surface area contributed by atoms with E-state index < -0.39 is 0 Å². The molecule has 148 valence electrons. The molecule has 6 rings (SSSR count). The first-order valence-corrected chi connectivity index (χ1v) is 10.7. The van der Waals surface area contributed by atoms with Gasteiger partial charge in [-0.1, -0.05) is 0 Å². The van der Waals surface area contributed by atoms with Crippen LogP contribution in [-0.4, -0.2) is 49.1 Å². The normalized spacial score (nSPS) is 36.9. The van der Waals surface area contributed by atoms with Gasteiger partial charge in [0.2, 0.25) is 0 Å². The van der Waals surface area contributed by atoms with Crippen molar-refractivity contribution in [1.29, 1.82) is 0 Å². The van der Waals surface area contributed by atoms with Crippen LogP contribution in [0.5, 0.6) is 5.75 Å². The van der Waals surface area contributed by atoms with Crippen molar-refractivity contribution in [1.82, 2.24) is 9.88 Å². The molecule has 0 spiro atoms. The largest absolute Gasteiger partial charge is 0.497 e. The maximum absolute atomic E-state index is 12.8. The monoisotopic (exact) mass is 380 g/mol. The molecule has 2 aromatic rings. The molecule has 28 heavy (non-hydrogen) atoms. The van der Waals surface area contributed by atoms with Gasteiger partial charge in [0.25, 0.3) is 0 Å². The van der Waals surface area contributed by atoms with Crippen molar-refractivity contribution in [3.8, 4) is 5.75 Å². The van der Waals surface area contributed by atoms with Crippen molar-refractivity contribution in [2.75, 3.05) is 27.3 Å². The highest BCUT2D eigenvalue weighted by Crippen LogP contribution is 2.54. The summed E-state index contributed by atoms with van der Waals surface area (Å²) in [7, 11) is 3.51. The number of aromatic nitrogens is 1. The zero-order valence-electron chi connectivity index (χ0n) is 16.6. The fourth-order valence-corrected chi connectivity index (χ4v) is 7.01. The molecule has 6 atom stereocenters. The highest BCUT2D eigenvalue weighted by molar-refractivity contribution is 5.87. The number of carbonyl (C=O) groups is 1. The summed E-state index contributed by atoms with van der Waals surface area (Å²) in [5.74, 6) is 3.02. The predicted molar refractivity (Wildman–Crippen MR) is 106 cm³/mol. The number of piperidine rings is 1. The Bertz CT molecular complexity index is 951. The Kier molecular flexibility index (Phi) is 3.70. The van der Waals surface area contributed by atoms with E-state index in [-0.39, 0.29) is 12.0 Å². The number of hydrogen-bond acceptors (Lipinski definition) is 4. The summed E-state index contributed by atoms with van der Waals surface area (Å²) >= 11 is 0. The molecule has 0 amide bonds. The fourth-order valence-electron chi connectivity index (χ4n) is 7.01. The second-order valence-electron chi connectivity index (χ2n) is 9.24. The van der Waals surface area contributed by atoms with Gasteiger partial charge in [0.1, 0.15) is 11.5 Å². The molecule has 2 aliphatic heterocycles. The Hall–Kier alpha value is -1.85. The molecule has 1 aromatic carbocycles. The first-order chi connectivity index (χ1) is 13.7. The number of fused-ring (bicyclic) bond motifs is 9. The van der Waals surface area contributed by atoms with Gasteiger partial charge in [-0.3, -0.25) is 9.69 Å². The van der Waals surface area contributed by atoms with Gasteiger partial charge in [-0.15, -0.1) is 0 Å². The molecule has 2 aliphatic carbocycles. The van der Waals surface area contributed by atoms with Crippen molar-refractivity contribution in [2.45, 2.75) is 37.8 Å². The summed E-state index contributed by atoms with van der Waals surface area (Å²) in [6.07, 6.45) is 4.21. The number of methoxy groups -OCH3 is 2. The third-order valence-corrected chi connectivity index (χ3v) is 8.13. The number of ether oxygens (including phenoxy) is 2. The van der Waals surface area contributed by atoms with Gasteiger partial charge in [-0.05, 0) is 54.7 Å². The van der Waals surface area contributed by atoms with E-state index in [1.807, 2.05) is 0 Å². The molecule has 5 heteroatoms. The highest BCUT2D eigenvalue weighted by atomic mass is 16.5. The number of hydrogen-bond donors (Lipinski definition) is 1. The van der Waals surface area contributed by atoms with Gasteiger partial charge in [-0.25, -0.2) is 0 Å². The minimum Gasteiger partial charge on any atom is -0.497 e. The summed E-state index contributed by atoms with van der Waals surface area (Å²) in [6.45, 7) is 2.25. The van der Waals surface area contributed by atoms with Crippen LogP contribution in [0.3, 0.4) is 0 Å². The molecule has 1 saturated heterocycles. The van der Waals surface area contributed by atoms with Crippen LogP contribution in [0.15, 0.2) is 18.2 Å². The Morgan fingerprint density at radius 3 is 2.89 bits per heavy atom. The lowest BCUT2D eigenvalue weighted by atomic mass is 9.65. The zero-order chi connectivity index (χ0) is 19.0. The van der Waals surface area contributed by atoms with Gasteiger partial charge < -0.3 is 14.5 Å². The van der Waals surface area contributed by atoms with Crippen LogP contribution in [0.2, 0.25) is 0 Å². The number of nitrogens with one attached hydrogen (secondary N) is 1. The standard InChI is InChI=1S/C23H28N2O3/c1-27-14-3-4-15-16-5-6-25-11-13-7-12-8-20(26)21(23(12)28-2)17(13)10-19(25)22(16)24-18(15)9-14/h3-4,9,12-13,17,19,21,23-24H,5-8,10-11H2,1-2H3/t12-,13+,17-,19+,21+,23-/m0/s1. The van der Waals surface area contributed by atoms with Gasteiger partial charge in [0.15, 0.2) is 0 Å². The average molecular weight is 380 g/mol. The van der Waals surface area contributed by atoms with Crippen molar-refractivity contribution in [3.63, 3.8) is 0 Å². The lowest BCUT2D eigenvalue weighted by molar-refractivity contribution is -0.130. The number of Topliss-reactive ketones (excluding diaryl/α,β-unsaturated/α-hetero) is 1. The molecule has 2 bridgehead atoms. The highest BCUT2D eigenvalue weighted by Gasteiger charge is 2.56. The first-order valence-electron chi connectivity index (χ1n) is 10.7. The van der Waals surface area contributed by atoms with Gasteiger partial charge >= 0.3 is 0 Å². The number of carbonyl (C=O) groups excluding carboxylic acids is 1. The van der Waals surface area contributed by atoms with E-state index in [1.165, 1.54) is 22.2 Å². The van der Waals surface area contributed by atoms with E-state index in [0.717, 1.165) is 44.5 Å². The third-order valence-electron chi connectivity index (χ3n) is 8.13. The van der Waals surface area contributed by atoms with Gasteiger partial charge in [-0.2, -0.15) is 0 Å². The van der Waals surface area contributed by atoms with E-state index >= 15 is 0 Å². The van der Waals surface area contributed by atoms with Crippen molar-refractivity contribution in [3.05, 3.63) is 29.5 Å². The van der Waals surface area contributed by atoms with Crippen LogP contribution in [-0.2, 0) is 16.0 Å². The molecule has 3 heterocycles. The molecule has 0 radical (unpaired) electrons. The number of nitrogens with zero attached hydrogens (tertiary/aromatic N) is 1. The van der Waals surface area contributed by atoms with E-state index in [0.29, 0.717) is 29.6 Å². The van der Waals surface area contributed by atoms with Crippen LogP contribution in [0.1, 0.15) is 36.6 Å². The average Bonchev–Trinajstić information content (AvgIpc) is 3.19. The molecule has 4 aliphatic rings. The third kappa shape index (κ3) is 2.23. The van der Waals surface area contributed by atoms with Crippen LogP contribution in [0.4, 0.5) is 0 Å². The summed E-state index contributed by atoms with van der Waals surface area (Å²) < 4.78 is 11.2. The molecule has 5 nitrogen and oxygen atoms in total. The Morgan fingerprint density at radius 2 is 2.07 bits per heavy atom. The molecule has 1 N–H and O–H groups in total. The molecule has 1 aromatic heterocycles. The quantitative estimate of drug-likeness (QED) is 0.868. The minimum atomic E-state index is 0.116. The lowest BCUT2D eigenvalue weighted by Gasteiger charge is -2.51. The van der Waals surface area contributed by atoms with Crippen LogP contribution >= 0.6 is 0 Å². The van der Waals surface area contributed by atoms with Crippen molar-refractivity contribution >= 4 is 16.7 Å².